The van der Waals surface area contributed by atoms with Crippen LogP contribution in [0.4, 0.5) is 0 Å². The Hall–Kier alpha value is -1.22. The molecule has 0 aromatic heterocycles. The highest BCUT2D eigenvalue weighted by Gasteiger charge is 2.11. The van der Waals surface area contributed by atoms with Gasteiger partial charge < -0.3 is 0 Å². The molecule has 0 aliphatic carbocycles. The summed E-state index contributed by atoms with van der Waals surface area (Å²) in [5.41, 5.74) is 1.70. The molecule has 0 unspecified atom stereocenters. The summed E-state index contributed by atoms with van der Waals surface area (Å²) in [6, 6.07) is 15.2. The molecule has 0 fully saturated rings. The van der Waals surface area contributed by atoms with E-state index in [0.717, 1.165) is 5.56 Å². The van der Waals surface area contributed by atoms with Crippen molar-refractivity contribution in [2.45, 2.75) is 6.54 Å². The van der Waals surface area contributed by atoms with Crippen LogP contribution in [-0.4, -0.2) is 17.2 Å². The normalized spacial score (nSPS) is 11.5. The van der Waals surface area contributed by atoms with Crippen LogP contribution in [0.3, 0.4) is 0 Å². The summed E-state index contributed by atoms with van der Waals surface area (Å²) in [7, 11) is 1.85. The first-order chi connectivity index (χ1) is 9.58. The number of hydrogen-bond donors (Lipinski definition) is 0. The van der Waals surface area contributed by atoms with Gasteiger partial charge in [0.2, 0.25) is 0 Å². The monoisotopic (exact) mass is 326 g/mol. The lowest BCUT2D eigenvalue weighted by molar-refractivity contribution is 0.348. The Balaban J connectivity index is 2.18. The highest BCUT2D eigenvalue weighted by atomic mass is 35.5. The largest absolute Gasteiger partial charge is 0.294 e. The first-order valence-electron chi connectivity index (χ1n) is 6.01. The fourth-order valence-corrected chi connectivity index (χ4v) is 2.78. The van der Waals surface area contributed by atoms with Gasteiger partial charge in [0.25, 0.3) is 0 Å². The quantitative estimate of drug-likeness (QED) is 0.568. The second-order valence-corrected chi connectivity index (χ2v) is 5.46. The predicted octanol–water partition coefficient (Wildman–Crippen LogP) is 5.03. The van der Waals surface area contributed by atoms with E-state index in [0.29, 0.717) is 22.2 Å². The summed E-state index contributed by atoms with van der Waals surface area (Å²) in [4.78, 5) is 0. The van der Waals surface area contributed by atoms with Gasteiger partial charge in [0.05, 0.1) is 22.2 Å². The van der Waals surface area contributed by atoms with Crippen molar-refractivity contribution in [1.29, 1.82) is 0 Å². The molecule has 0 aliphatic heterocycles. The van der Waals surface area contributed by atoms with Gasteiger partial charge in [-0.25, -0.2) is 0 Å². The van der Waals surface area contributed by atoms with E-state index in [2.05, 4.69) is 5.10 Å². The number of benzene rings is 2. The Bertz CT molecular complexity index is 592. The lowest BCUT2D eigenvalue weighted by Gasteiger charge is -2.14. The van der Waals surface area contributed by atoms with Crippen LogP contribution in [0.25, 0.3) is 0 Å². The van der Waals surface area contributed by atoms with Crippen LogP contribution in [-0.2, 0) is 6.54 Å². The van der Waals surface area contributed by atoms with Gasteiger partial charge in [-0.05, 0) is 17.7 Å². The summed E-state index contributed by atoms with van der Waals surface area (Å²) in [6.45, 7) is 0.652. The molecule has 2 aromatic carbocycles. The van der Waals surface area contributed by atoms with Crippen molar-refractivity contribution in [1.82, 2.24) is 5.01 Å². The zero-order valence-corrected chi connectivity index (χ0v) is 13.1. The van der Waals surface area contributed by atoms with E-state index in [4.69, 9.17) is 34.8 Å². The highest BCUT2D eigenvalue weighted by Crippen LogP contribution is 2.26. The first kappa shape index (κ1) is 15.2. The van der Waals surface area contributed by atoms with E-state index < -0.39 is 0 Å². The fraction of sp³-hybridized carbons (Fsp3) is 0.133. The van der Waals surface area contributed by atoms with Gasteiger partial charge >= 0.3 is 0 Å². The number of halogens is 3. The minimum Gasteiger partial charge on any atom is -0.294 e. The van der Waals surface area contributed by atoms with E-state index in [9.17, 15) is 0 Å². The van der Waals surface area contributed by atoms with Crippen LogP contribution in [0.2, 0.25) is 10.0 Å². The smallest absolute Gasteiger partial charge is 0.159 e. The van der Waals surface area contributed by atoms with Crippen LogP contribution in [0.15, 0.2) is 53.6 Å². The third-order valence-corrected chi connectivity index (χ3v) is 3.58. The van der Waals surface area contributed by atoms with Crippen molar-refractivity contribution >= 4 is 40.0 Å². The van der Waals surface area contributed by atoms with Crippen molar-refractivity contribution in [3.05, 3.63) is 69.7 Å². The number of hydrazone groups is 1. The van der Waals surface area contributed by atoms with Crippen LogP contribution >= 0.6 is 34.8 Å². The molecule has 20 heavy (non-hydrogen) atoms. The molecule has 2 rings (SSSR count). The molecule has 0 N–H and O–H groups in total. The fourth-order valence-electron chi connectivity index (χ4n) is 1.78. The number of hydrogen-bond acceptors (Lipinski definition) is 2. The Labute approximate surface area is 133 Å². The first-order valence-corrected chi connectivity index (χ1v) is 7.15. The Morgan fingerprint density at radius 1 is 1.00 bits per heavy atom. The van der Waals surface area contributed by atoms with E-state index in [1.165, 1.54) is 0 Å². The van der Waals surface area contributed by atoms with E-state index in [1.807, 2.05) is 37.4 Å². The van der Waals surface area contributed by atoms with E-state index >= 15 is 0 Å². The molecular weight excluding hydrogens is 315 g/mol. The molecule has 0 spiro atoms. The predicted molar refractivity (Wildman–Crippen MR) is 86.8 cm³/mol. The van der Waals surface area contributed by atoms with Gasteiger partial charge in [-0.15, -0.1) is 0 Å². The van der Waals surface area contributed by atoms with Crippen LogP contribution in [0, 0.1) is 0 Å². The van der Waals surface area contributed by atoms with Gasteiger partial charge in [-0.2, -0.15) is 5.10 Å². The third kappa shape index (κ3) is 3.89. The second-order valence-electron chi connectivity index (χ2n) is 4.29. The summed E-state index contributed by atoms with van der Waals surface area (Å²) >= 11 is 18.4. The van der Waals surface area contributed by atoms with Crippen molar-refractivity contribution in [2.24, 2.45) is 5.10 Å². The van der Waals surface area contributed by atoms with Crippen molar-refractivity contribution in [3.63, 3.8) is 0 Å². The zero-order valence-electron chi connectivity index (χ0n) is 10.9. The van der Waals surface area contributed by atoms with E-state index in [1.54, 1.807) is 23.2 Å². The maximum Gasteiger partial charge on any atom is 0.159 e. The molecule has 5 heteroatoms. The van der Waals surface area contributed by atoms with Crippen molar-refractivity contribution in [2.75, 3.05) is 7.05 Å². The molecule has 0 heterocycles. The second kappa shape index (κ2) is 6.98. The molecule has 0 radical (unpaired) electrons. The van der Waals surface area contributed by atoms with Crippen molar-refractivity contribution < 1.29 is 0 Å². The highest BCUT2D eigenvalue weighted by molar-refractivity contribution is 6.71. The Morgan fingerprint density at radius 3 is 2.20 bits per heavy atom. The van der Waals surface area contributed by atoms with Gasteiger partial charge in [-0.3, -0.25) is 5.01 Å². The zero-order chi connectivity index (χ0) is 14.5. The van der Waals surface area contributed by atoms with Gasteiger partial charge in [0, 0.05) is 7.05 Å². The molecule has 0 saturated carbocycles. The number of rotatable bonds is 4. The summed E-state index contributed by atoms with van der Waals surface area (Å²) < 4.78 is 0. The molecule has 0 aliphatic rings. The Morgan fingerprint density at radius 2 is 1.60 bits per heavy atom. The van der Waals surface area contributed by atoms with Gasteiger partial charge in [0.1, 0.15) is 0 Å². The van der Waals surface area contributed by atoms with Gasteiger partial charge in [0.15, 0.2) is 5.17 Å². The molecule has 104 valence electrons. The standard InChI is InChI=1S/C15H13Cl3N2/c1-20(10-11-6-3-2-4-7-11)19-15(18)14-12(16)8-5-9-13(14)17/h2-9H,10H2,1H3/b19-15-. The van der Waals surface area contributed by atoms with Crippen molar-refractivity contribution in [3.8, 4) is 0 Å². The van der Waals surface area contributed by atoms with Crippen LogP contribution < -0.4 is 0 Å². The lowest BCUT2D eigenvalue weighted by atomic mass is 10.2. The minimum atomic E-state index is 0.277. The topological polar surface area (TPSA) is 15.6 Å². The average Bonchev–Trinajstić information content (AvgIpc) is 2.39. The molecule has 2 nitrogen and oxygen atoms in total. The molecule has 0 amide bonds. The lowest BCUT2D eigenvalue weighted by Crippen LogP contribution is -2.13. The van der Waals surface area contributed by atoms with Crippen LogP contribution in [0.5, 0.6) is 0 Å². The van der Waals surface area contributed by atoms with E-state index in [-0.39, 0.29) is 5.17 Å². The summed E-state index contributed by atoms with van der Waals surface area (Å²) in [5.74, 6) is 0. The average molecular weight is 328 g/mol. The van der Waals surface area contributed by atoms with Crippen LogP contribution in [0.1, 0.15) is 11.1 Å². The summed E-state index contributed by atoms with van der Waals surface area (Å²) in [5, 5.41) is 7.31. The maximum atomic E-state index is 6.22. The third-order valence-electron chi connectivity index (χ3n) is 2.68. The molecule has 0 bridgehead atoms. The maximum absolute atomic E-state index is 6.22. The minimum absolute atomic E-state index is 0.277. The SMILES string of the molecule is CN(Cc1ccccc1)/N=C(\Cl)c1c(Cl)cccc1Cl. The Kier molecular flexibility index (Phi) is 5.30. The number of nitrogens with zero attached hydrogens (tertiary/aromatic N) is 2. The molecule has 0 saturated heterocycles. The van der Waals surface area contributed by atoms with Gasteiger partial charge in [-0.1, -0.05) is 71.2 Å². The molecular formula is C15H13Cl3N2. The molecule has 0 atom stereocenters. The molecule has 2 aromatic rings. The summed E-state index contributed by atoms with van der Waals surface area (Å²) in [6.07, 6.45) is 0.